The van der Waals surface area contributed by atoms with E-state index in [1.807, 2.05) is 6.92 Å². The molecule has 0 saturated carbocycles. The monoisotopic (exact) mass is 261 g/mol. The van der Waals surface area contributed by atoms with Crippen molar-refractivity contribution >= 4 is 9.84 Å². The van der Waals surface area contributed by atoms with Crippen LogP contribution in [0.25, 0.3) is 0 Å². The van der Waals surface area contributed by atoms with E-state index in [1.165, 1.54) is 25.7 Å². The average Bonchev–Trinajstić information content (AvgIpc) is 2.54. The highest BCUT2D eigenvalue weighted by Gasteiger charge is 2.37. The molecule has 0 bridgehead atoms. The maximum atomic E-state index is 11.5. The van der Waals surface area contributed by atoms with Crippen LogP contribution in [0.15, 0.2) is 0 Å². The van der Waals surface area contributed by atoms with Gasteiger partial charge in [0.05, 0.1) is 11.5 Å². The third-order valence-electron chi connectivity index (χ3n) is 3.86. The van der Waals surface area contributed by atoms with Gasteiger partial charge in [0.25, 0.3) is 0 Å². The van der Waals surface area contributed by atoms with Gasteiger partial charge in [0.2, 0.25) is 0 Å². The molecule has 0 aromatic heterocycles. The van der Waals surface area contributed by atoms with Crippen molar-refractivity contribution < 1.29 is 8.42 Å². The molecule has 3 nitrogen and oxygen atoms in total. The van der Waals surface area contributed by atoms with Crippen molar-refractivity contribution in [2.75, 3.05) is 18.1 Å². The fourth-order valence-electron chi connectivity index (χ4n) is 2.48. The molecule has 1 aliphatic rings. The first-order valence-electron chi connectivity index (χ1n) is 6.86. The summed E-state index contributed by atoms with van der Waals surface area (Å²) in [7, 11) is -2.79. The van der Waals surface area contributed by atoms with E-state index in [9.17, 15) is 8.42 Å². The van der Waals surface area contributed by atoms with Crippen molar-refractivity contribution in [3.63, 3.8) is 0 Å². The summed E-state index contributed by atoms with van der Waals surface area (Å²) >= 11 is 0. The molecule has 0 spiro atoms. The Morgan fingerprint density at radius 1 is 1.35 bits per heavy atom. The van der Waals surface area contributed by atoms with Crippen molar-refractivity contribution in [1.82, 2.24) is 5.32 Å². The van der Waals surface area contributed by atoms with Crippen LogP contribution in [0.5, 0.6) is 0 Å². The molecular weight excluding hydrogens is 234 g/mol. The molecule has 1 heterocycles. The Morgan fingerprint density at radius 2 is 2.06 bits per heavy atom. The van der Waals surface area contributed by atoms with E-state index in [-0.39, 0.29) is 5.54 Å². The zero-order valence-corrected chi connectivity index (χ0v) is 12.3. The highest BCUT2D eigenvalue weighted by molar-refractivity contribution is 7.91. The second-order valence-electron chi connectivity index (χ2n) is 5.70. The minimum absolute atomic E-state index is 0.182. The van der Waals surface area contributed by atoms with Gasteiger partial charge in [-0.1, -0.05) is 33.1 Å². The first-order valence-corrected chi connectivity index (χ1v) is 8.68. The first-order chi connectivity index (χ1) is 7.91. The highest BCUT2D eigenvalue weighted by atomic mass is 32.2. The third-order valence-corrected chi connectivity index (χ3v) is 5.77. The van der Waals surface area contributed by atoms with Gasteiger partial charge in [-0.2, -0.15) is 0 Å². The molecule has 4 heteroatoms. The second kappa shape index (κ2) is 6.19. The van der Waals surface area contributed by atoms with Crippen LogP contribution < -0.4 is 5.32 Å². The topological polar surface area (TPSA) is 46.2 Å². The van der Waals surface area contributed by atoms with Crippen molar-refractivity contribution in [1.29, 1.82) is 0 Å². The molecule has 2 atom stereocenters. The normalized spacial score (nSPS) is 29.4. The lowest BCUT2D eigenvalue weighted by Crippen LogP contribution is -2.45. The summed E-state index contributed by atoms with van der Waals surface area (Å²) in [5.41, 5.74) is -0.182. The third kappa shape index (κ3) is 4.96. The predicted octanol–water partition coefficient (Wildman–Crippen LogP) is 2.37. The van der Waals surface area contributed by atoms with E-state index in [0.717, 1.165) is 13.0 Å². The Bertz CT molecular complexity index is 326. The Hall–Kier alpha value is -0.0900. The maximum Gasteiger partial charge on any atom is 0.152 e. The molecule has 102 valence electrons. The zero-order chi connectivity index (χ0) is 12.9. The van der Waals surface area contributed by atoms with E-state index >= 15 is 0 Å². The van der Waals surface area contributed by atoms with Gasteiger partial charge in [-0.05, 0) is 32.2 Å². The van der Waals surface area contributed by atoms with Crippen LogP contribution in [0.1, 0.15) is 52.9 Å². The molecule has 0 aromatic carbocycles. The Balaban J connectivity index is 2.39. The minimum Gasteiger partial charge on any atom is -0.310 e. The number of rotatable bonds is 7. The summed E-state index contributed by atoms with van der Waals surface area (Å²) in [4.78, 5) is 0. The van der Waals surface area contributed by atoms with Crippen molar-refractivity contribution in [3.8, 4) is 0 Å². The number of sulfone groups is 1. The fourth-order valence-corrected chi connectivity index (χ4v) is 4.61. The molecule has 0 amide bonds. The highest BCUT2D eigenvalue weighted by Crippen LogP contribution is 2.23. The van der Waals surface area contributed by atoms with Crippen LogP contribution in [0.2, 0.25) is 0 Å². The molecule has 1 aliphatic heterocycles. The van der Waals surface area contributed by atoms with Crippen molar-refractivity contribution in [2.45, 2.75) is 58.4 Å². The average molecular weight is 261 g/mol. The van der Waals surface area contributed by atoms with Crippen LogP contribution in [-0.2, 0) is 9.84 Å². The van der Waals surface area contributed by atoms with E-state index < -0.39 is 9.84 Å². The molecule has 1 rings (SSSR count). The van der Waals surface area contributed by atoms with Crippen LogP contribution in [0, 0.1) is 5.92 Å². The van der Waals surface area contributed by atoms with Gasteiger partial charge in [-0.3, -0.25) is 0 Å². The molecule has 17 heavy (non-hydrogen) atoms. The van der Waals surface area contributed by atoms with E-state index in [2.05, 4.69) is 19.2 Å². The minimum atomic E-state index is -2.79. The Kier molecular flexibility index (Phi) is 5.45. The summed E-state index contributed by atoms with van der Waals surface area (Å²) in [6, 6.07) is 0. The lowest BCUT2D eigenvalue weighted by molar-refractivity contribution is 0.333. The van der Waals surface area contributed by atoms with E-state index in [0.29, 0.717) is 17.4 Å². The van der Waals surface area contributed by atoms with Crippen LogP contribution in [-0.4, -0.2) is 32.0 Å². The molecule has 0 aromatic rings. The van der Waals surface area contributed by atoms with Crippen LogP contribution in [0.3, 0.4) is 0 Å². The van der Waals surface area contributed by atoms with Gasteiger partial charge >= 0.3 is 0 Å². The SMILES string of the molecule is CCCCC(CC)CNC1(C)CCS(=O)(=O)C1. The fraction of sp³-hybridized carbons (Fsp3) is 1.00. The zero-order valence-electron chi connectivity index (χ0n) is 11.5. The molecule has 1 N–H and O–H groups in total. The summed E-state index contributed by atoms with van der Waals surface area (Å²) in [5.74, 6) is 1.35. The standard InChI is InChI=1S/C13H27NO2S/c1-4-6-7-12(5-2)10-14-13(3)8-9-17(15,16)11-13/h12,14H,4-11H2,1-3H3. The van der Waals surface area contributed by atoms with E-state index in [4.69, 9.17) is 0 Å². The molecule has 2 unspecified atom stereocenters. The van der Waals surface area contributed by atoms with Gasteiger partial charge in [-0.15, -0.1) is 0 Å². The van der Waals surface area contributed by atoms with Gasteiger partial charge < -0.3 is 5.32 Å². The van der Waals surface area contributed by atoms with Crippen molar-refractivity contribution in [2.24, 2.45) is 5.92 Å². The second-order valence-corrected chi connectivity index (χ2v) is 7.88. The van der Waals surface area contributed by atoms with Crippen LogP contribution >= 0.6 is 0 Å². The van der Waals surface area contributed by atoms with Gasteiger partial charge in [0, 0.05) is 5.54 Å². The molecule has 1 fully saturated rings. The quantitative estimate of drug-likeness (QED) is 0.765. The van der Waals surface area contributed by atoms with Crippen LogP contribution in [0.4, 0.5) is 0 Å². The maximum absolute atomic E-state index is 11.5. The van der Waals surface area contributed by atoms with Gasteiger partial charge in [0.1, 0.15) is 0 Å². The summed E-state index contributed by atoms with van der Waals surface area (Å²) < 4.78 is 23.0. The number of hydrogen-bond donors (Lipinski definition) is 1. The lowest BCUT2D eigenvalue weighted by Gasteiger charge is -2.27. The smallest absolute Gasteiger partial charge is 0.152 e. The Labute approximate surface area is 106 Å². The molecular formula is C13H27NO2S. The summed E-state index contributed by atoms with van der Waals surface area (Å²) in [6.07, 6.45) is 5.70. The first kappa shape index (κ1) is 15.0. The molecule has 1 saturated heterocycles. The van der Waals surface area contributed by atoms with E-state index in [1.54, 1.807) is 0 Å². The molecule has 0 aliphatic carbocycles. The lowest BCUT2D eigenvalue weighted by atomic mass is 9.96. The van der Waals surface area contributed by atoms with Crippen molar-refractivity contribution in [3.05, 3.63) is 0 Å². The summed E-state index contributed by atoms with van der Waals surface area (Å²) in [5, 5.41) is 3.49. The predicted molar refractivity (Wildman–Crippen MR) is 73.0 cm³/mol. The van der Waals surface area contributed by atoms with Gasteiger partial charge in [0.15, 0.2) is 9.84 Å². The number of unbranched alkanes of at least 4 members (excludes halogenated alkanes) is 1. The van der Waals surface area contributed by atoms with Gasteiger partial charge in [-0.25, -0.2) is 8.42 Å². The summed E-state index contributed by atoms with van der Waals surface area (Å²) in [6.45, 7) is 7.44. The Morgan fingerprint density at radius 3 is 2.53 bits per heavy atom. The number of nitrogens with one attached hydrogen (secondary N) is 1. The molecule has 0 radical (unpaired) electrons. The number of hydrogen-bond acceptors (Lipinski definition) is 3. The largest absolute Gasteiger partial charge is 0.310 e.